The molecule has 3 N–H and O–H groups in total. The number of aryl methyl sites for hydroxylation is 1. The second-order valence-electron chi connectivity index (χ2n) is 4.17. The van der Waals surface area contributed by atoms with Gasteiger partial charge in [-0.25, -0.2) is 4.79 Å². The molecular formula is C14H13NO5. The molecule has 6 heteroatoms. The number of furan rings is 1. The Morgan fingerprint density at radius 3 is 2.70 bits per heavy atom. The van der Waals surface area contributed by atoms with E-state index in [9.17, 15) is 9.59 Å². The lowest BCUT2D eigenvalue weighted by molar-refractivity contribution is 0.0694. The highest BCUT2D eigenvalue weighted by atomic mass is 16.5. The number of carboxylic acid groups (broad SMARTS) is 1. The van der Waals surface area contributed by atoms with Crippen LogP contribution in [0.3, 0.4) is 0 Å². The molecule has 1 amide bonds. The van der Waals surface area contributed by atoms with E-state index in [0.29, 0.717) is 22.8 Å². The summed E-state index contributed by atoms with van der Waals surface area (Å²) < 4.78 is 10.7. The van der Waals surface area contributed by atoms with Crippen molar-refractivity contribution in [2.45, 2.75) is 13.5 Å². The van der Waals surface area contributed by atoms with E-state index in [0.717, 1.165) is 0 Å². The van der Waals surface area contributed by atoms with Crippen molar-refractivity contribution in [3.8, 4) is 5.75 Å². The topological polar surface area (TPSA) is 103 Å². The van der Waals surface area contributed by atoms with Gasteiger partial charge in [0.1, 0.15) is 29.4 Å². The van der Waals surface area contributed by atoms with Crippen LogP contribution < -0.4 is 10.5 Å². The number of hydrogen-bond donors (Lipinski definition) is 2. The first-order chi connectivity index (χ1) is 9.47. The number of benzene rings is 1. The van der Waals surface area contributed by atoms with Crippen LogP contribution in [0.5, 0.6) is 5.75 Å². The molecule has 1 heterocycles. The van der Waals surface area contributed by atoms with Crippen molar-refractivity contribution < 1.29 is 23.8 Å². The molecule has 1 aromatic carbocycles. The Labute approximate surface area is 114 Å². The molecule has 0 saturated heterocycles. The molecule has 0 aliphatic carbocycles. The van der Waals surface area contributed by atoms with Crippen molar-refractivity contribution in [3.63, 3.8) is 0 Å². The number of ether oxygens (including phenoxy) is 1. The Balaban J connectivity index is 2.09. The van der Waals surface area contributed by atoms with Gasteiger partial charge in [-0.1, -0.05) is 6.07 Å². The highest BCUT2D eigenvalue weighted by Gasteiger charge is 2.14. The summed E-state index contributed by atoms with van der Waals surface area (Å²) in [5.41, 5.74) is 5.61. The van der Waals surface area contributed by atoms with E-state index >= 15 is 0 Å². The number of aromatic carboxylic acids is 1. The van der Waals surface area contributed by atoms with Crippen LogP contribution in [-0.4, -0.2) is 17.0 Å². The molecule has 104 valence electrons. The summed E-state index contributed by atoms with van der Waals surface area (Å²) in [6.07, 6.45) is 0. The normalized spacial score (nSPS) is 10.2. The highest BCUT2D eigenvalue weighted by Crippen LogP contribution is 2.18. The van der Waals surface area contributed by atoms with Crippen molar-refractivity contribution in [2.75, 3.05) is 0 Å². The zero-order valence-electron chi connectivity index (χ0n) is 10.8. The van der Waals surface area contributed by atoms with Gasteiger partial charge in [0, 0.05) is 5.56 Å². The molecule has 0 bridgehead atoms. The first-order valence-corrected chi connectivity index (χ1v) is 5.82. The smallest absolute Gasteiger partial charge is 0.339 e. The van der Waals surface area contributed by atoms with Gasteiger partial charge in [0.05, 0.1) is 0 Å². The third-order valence-corrected chi connectivity index (χ3v) is 2.70. The first-order valence-electron chi connectivity index (χ1n) is 5.82. The molecule has 0 aliphatic rings. The van der Waals surface area contributed by atoms with Gasteiger partial charge in [0.25, 0.3) is 0 Å². The van der Waals surface area contributed by atoms with E-state index in [4.69, 9.17) is 20.0 Å². The fraction of sp³-hybridized carbons (Fsp3) is 0.143. The van der Waals surface area contributed by atoms with Gasteiger partial charge in [0.2, 0.25) is 5.91 Å². The molecule has 0 saturated carbocycles. The summed E-state index contributed by atoms with van der Waals surface area (Å²) in [6.45, 7) is 1.64. The van der Waals surface area contributed by atoms with Crippen LogP contribution in [0, 0.1) is 6.92 Å². The summed E-state index contributed by atoms with van der Waals surface area (Å²) in [5, 5.41) is 8.91. The van der Waals surface area contributed by atoms with Gasteiger partial charge in [-0.15, -0.1) is 0 Å². The van der Waals surface area contributed by atoms with Crippen molar-refractivity contribution in [3.05, 3.63) is 53.0 Å². The maximum atomic E-state index is 11.0. The molecule has 2 aromatic rings. The van der Waals surface area contributed by atoms with Gasteiger partial charge in [0.15, 0.2) is 0 Å². The summed E-state index contributed by atoms with van der Waals surface area (Å²) in [7, 11) is 0. The molecule has 0 aliphatic heterocycles. The van der Waals surface area contributed by atoms with Crippen LogP contribution in [0.15, 0.2) is 34.7 Å². The molecule has 0 atom stereocenters. The van der Waals surface area contributed by atoms with Gasteiger partial charge in [-0.3, -0.25) is 4.79 Å². The lowest BCUT2D eigenvalue weighted by Crippen LogP contribution is -2.10. The molecule has 0 fully saturated rings. The first kappa shape index (κ1) is 13.7. The standard InChI is InChI=1S/C14H13NO5/c1-8-12(14(17)18)6-11(20-8)7-19-10-4-2-3-9(5-10)13(15)16/h2-6H,7H2,1H3,(H2,15,16)(H,17,18). The van der Waals surface area contributed by atoms with Crippen LogP contribution in [0.2, 0.25) is 0 Å². The quantitative estimate of drug-likeness (QED) is 0.868. The predicted octanol–water partition coefficient (Wildman–Crippen LogP) is 1.96. The van der Waals surface area contributed by atoms with Gasteiger partial charge in [-0.05, 0) is 31.2 Å². The number of rotatable bonds is 5. The molecule has 1 aromatic heterocycles. The van der Waals surface area contributed by atoms with E-state index in [1.54, 1.807) is 25.1 Å². The molecule has 0 spiro atoms. The molecule has 2 rings (SSSR count). The van der Waals surface area contributed by atoms with Crippen LogP contribution in [0.25, 0.3) is 0 Å². The number of nitrogens with two attached hydrogens (primary N) is 1. The average Bonchev–Trinajstić information content (AvgIpc) is 2.78. The number of hydrogen-bond acceptors (Lipinski definition) is 4. The minimum atomic E-state index is -1.05. The number of carboxylic acids is 1. The molecule has 6 nitrogen and oxygen atoms in total. The van der Waals surface area contributed by atoms with E-state index in [1.165, 1.54) is 12.1 Å². The molecule has 0 unspecified atom stereocenters. The van der Waals surface area contributed by atoms with E-state index in [-0.39, 0.29) is 12.2 Å². The average molecular weight is 275 g/mol. The maximum absolute atomic E-state index is 11.0. The Hall–Kier alpha value is -2.76. The second kappa shape index (κ2) is 5.48. The third kappa shape index (κ3) is 2.97. The zero-order valence-corrected chi connectivity index (χ0v) is 10.8. The summed E-state index contributed by atoms with van der Waals surface area (Å²) in [4.78, 5) is 21.9. The van der Waals surface area contributed by atoms with Gasteiger partial charge in [-0.2, -0.15) is 0 Å². The predicted molar refractivity (Wildman–Crippen MR) is 69.7 cm³/mol. The minimum Gasteiger partial charge on any atom is -0.486 e. The lowest BCUT2D eigenvalue weighted by Gasteiger charge is -2.05. The summed E-state index contributed by atoms with van der Waals surface area (Å²) in [6, 6.07) is 7.81. The Bertz CT molecular complexity index is 659. The zero-order chi connectivity index (χ0) is 14.7. The van der Waals surface area contributed by atoms with Crippen LogP contribution in [0.4, 0.5) is 0 Å². The Morgan fingerprint density at radius 1 is 1.35 bits per heavy atom. The highest BCUT2D eigenvalue weighted by molar-refractivity contribution is 5.93. The number of carbonyl (C=O) groups is 2. The second-order valence-corrected chi connectivity index (χ2v) is 4.17. The molecular weight excluding hydrogens is 262 g/mol. The van der Waals surface area contributed by atoms with Crippen molar-refractivity contribution in [1.29, 1.82) is 0 Å². The van der Waals surface area contributed by atoms with Crippen molar-refractivity contribution in [2.24, 2.45) is 5.73 Å². The van der Waals surface area contributed by atoms with Crippen molar-refractivity contribution >= 4 is 11.9 Å². The Kier molecular flexibility index (Phi) is 3.74. The van der Waals surface area contributed by atoms with Crippen LogP contribution >= 0.6 is 0 Å². The van der Waals surface area contributed by atoms with E-state index in [2.05, 4.69) is 0 Å². The molecule has 20 heavy (non-hydrogen) atoms. The third-order valence-electron chi connectivity index (χ3n) is 2.70. The number of primary amides is 1. The summed E-state index contributed by atoms with van der Waals surface area (Å²) >= 11 is 0. The van der Waals surface area contributed by atoms with Crippen molar-refractivity contribution in [1.82, 2.24) is 0 Å². The molecule has 0 radical (unpaired) electrons. The fourth-order valence-corrected chi connectivity index (χ4v) is 1.72. The number of amides is 1. The van der Waals surface area contributed by atoms with E-state index in [1.807, 2.05) is 0 Å². The Morgan fingerprint density at radius 2 is 2.10 bits per heavy atom. The minimum absolute atomic E-state index is 0.0658. The van der Waals surface area contributed by atoms with Gasteiger partial charge < -0.3 is 20.0 Å². The van der Waals surface area contributed by atoms with Gasteiger partial charge >= 0.3 is 5.97 Å². The van der Waals surface area contributed by atoms with Crippen LogP contribution in [0.1, 0.15) is 32.2 Å². The lowest BCUT2D eigenvalue weighted by atomic mass is 10.2. The summed E-state index contributed by atoms with van der Waals surface area (Å²) in [5.74, 6) is -0.427. The fourth-order valence-electron chi connectivity index (χ4n) is 1.72. The van der Waals surface area contributed by atoms with Crippen LogP contribution in [-0.2, 0) is 6.61 Å². The van der Waals surface area contributed by atoms with E-state index < -0.39 is 11.9 Å². The largest absolute Gasteiger partial charge is 0.486 e. The maximum Gasteiger partial charge on any atom is 0.339 e. The number of carbonyl (C=O) groups excluding carboxylic acids is 1. The monoisotopic (exact) mass is 275 g/mol. The SMILES string of the molecule is Cc1oc(COc2cccc(C(N)=O)c2)cc1C(=O)O.